The summed E-state index contributed by atoms with van der Waals surface area (Å²) in [5, 5.41) is 0.680. The van der Waals surface area contributed by atoms with Crippen molar-refractivity contribution in [3.05, 3.63) is 58.6 Å². The molecule has 98 valence electrons. The van der Waals surface area contributed by atoms with Crippen LogP contribution in [0.2, 0.25) is 5.02 Å². The Morgan fingerprint density at radius 2 is 1.84 bits per heavy atom. The molecule has 2 rings (SSSR count). The van der Waals surface area contributed by atoms with Gasteiger partial charge in [-0.05, 0) is 41.8 Å². The van der Waals surface area contributed by atoms with Crippen LogP contribution in [0, 0.1) is 0 Å². The quantitative estimate of drug-likeness (QED) is 0.728. The van der Waals surface area contributed by atoms with Crippen molar-refractivity contribution in [2.24, 2.45) is 0 Å². The van der Waals surface area contributed by atoms with Gasteiger partial charge in [0.05, 0.1) is 5.56 Å². The third-order valence-electron chi connectivity index (χ3n) is 2.86. The molecule has 3 heteroatoms. The van der Waals surface area contributed by atoms with Gasteiger partial charge in [0, 0.05) is 5.02 Å². The molecule has 2 nitrogen and oxygen atoms in total. The van der Waals surface area contributed by atoms with Crippen LogP contribution in [-0.4, -0.2) is 6.29 Å². The zero-order chi connectivity index (χ0) is 13.8. The van der Waals surface area contributed by atoms with Crippen LogP contribution in [0.1, 0.15) is 35.7 Å². The fourth-order valence-corrected chi connectivity index (χ4v) is 2.03. The molecule has 0 fully saturated rings. The number of aldehydes is 1. The van der Waals surface area contributed by atoms with Crippen molar-refractivity contribution in [2.45, 2.75) is 19.8 Å². The lowest BCUT2D eigenvalue weighted by molar-refractivity contribution is 0.112. The highest BCUT2D eigenvalue weighted by Gasteiger charge is 2.11. The molecule has 0 unspecified atom stereocenters. The van der Waals surface area contributed by atoms with Crippen LogP contribution in [0.3, 0.4) is 0 Å². The van der Waals surface area contributed by atoms with Gasteiger partial charge in [0.2, 0.25) is 0 Å². The minimum absolute atomic E-state index is 0.289. The van der Waals surface area contributed by atoms with Crippen molar-refractivity contribution in [1.29, 1.82) is 0 Å². The van der Waals surface area contributed by atoms with Gasteiger partial charge >= 0.3 is 0 Å². The number of hydrogen-bond donors (Lipinski definition) is 0. The van der Waals surface area contributed by atoms with Crippen molar-refractivity contribution in [3.63, 3.8) is 0 Å². The summed E-state index contributed by atoms with van der Waals surface area (Å²) in [6.07, 6.45) is 0.792. The van der Waals surface area contributed by atoms with Gasteiger partial charge in [-0.25, -0.2) is 0 Å². The highest BCUT2D eigenvalue weighted by molar-refractivity contribution is 6.30. The molecule has 0 atom stereocenters. The second kappa shape index (κ2) is 5.89. The molecule has 0 saturated heterocycles. The summed E-state index contributed by atoms with van der Waals surface area (Å²) in [5.74, 6) is 1.58. The molecule has 0 aliphatic rings. The summed E-state index contributed by atoms with van der Waals surface area (Å²) in [5.41, 5.74) is 1.56. The summed E-state index contributed by atoms with van der Waals surface area (Å²) in [7, 11) is 0. The van der Waals surface area contributed by atoms with Gasteiger partial charge in [-0.15, -0.1) is 0 Å². The Kier molecular flexibility index (Phi) is 4.23. The van der Waals surface area contributed by atoms with Crippen molar-refractivity contribution >= 4 is 17.9 Å². The molecular formula is C16H15ClO2. The number of ether oxygens (including phenoxy) is 1. The van der Waals surface area contributed by atoms with E-state index in [1.54, 1.807) is 18.2 Å². The predicted octanol–water partition coefficient (Wildman–Crippen LogP) is 5.07. The number of hydrogen-bond acceptors (Lipinski definition) is 2. The summed E-state index contributed by atoms with van der Waals surface area (Å²) in [6.45, 7) is 4.15. The highest BCUT2D eigenvalue weighted by Crippen LogP contribution is 2.33. The highest BCUT2D eigenvalue weighted by atomic mass is 35.5. The van der Waals surface area contributed by atoms with Crippen LogP contribution in [-0.2, 0) is 0 Å². The minimum atomic E-state index is 0.289. The summed E-state index contributed by atoms with van der Waals surface area (Å²) >= 11 is 6.01. The summed E-state index contributed by atoms with van der Waals surface area (Å²) in [6, 6.07) is 12.7. The second-order valence-electron chi connectivity index (χ2n) is 4.59. The number of carbonyl (C=O) groups is 1. The van der Waals surface area contributed by atoms with E-state index in [4.69, 9.17) is 16.3 Å². The number of benzene rings is 2. The standard InChI is InChI=1S/C16H15ClO2/c1-11(2)14-9-13(17)7-8-16(14)19-15-6-4-3-5-12(15)10-18/h3-11H,1-2H3. The van der Waals surface area contributed by atoms with E-state index in [1.165, 1.54) is 0 Å². The Morgan fingerprint density at radius 1 is 1.11 bits per heavy atom. The molecular weight excluding hydrogens is 260 g/mol. The topological polar surface area (TPSA) is 26.3 Å². The van der Waals surface area contributed by atoms with E-state index < -0.39 is 0 Å². The van der Waals surface area contributed by atoms with Crippen LogP contribution in [0.25, 0.3) is 0 Å². The van der Waals surface area contributed by atoms with Gasteiger partial charge in [-0.2, -0.15) is 0 Å². The fourth-order valence-electron chi connectivity index (χ4n) is 1.85. The third kappa shape index (κ3) is 3.15. The van der Waals surface area contributed by atoms with E-state index in [0.29, 0.717) is 16.3 Å². The van der Waals surface area contributed by atoms with Gasteiger partial charge in [0.1, 0.15) is 11.5 Å². The molecule has 2 aromatic carbocycles. The van der Waals surface area contributed by atoms with Gasteiger partial charge in [0.15, 0.2) is 6.29 Å². The molecule has 0 N–H and O–H groups in total. The molecule has 19 heavy (non-hydrogen) atoms. The second-order valence-corrected chi connectivity index (χ2v) is 5.03. The average Bonchev–Trinajstić information content (AvgIpc) is 2.41. The molecule has 0 bridgehead atoms. The molecule has 0 aliphatic carbocycles. The molecule has 0 aliphatic heterocycles. The van der Waals surface area contributed by atoms with E-state index in [-0.39, 0.29) is 5.92 Å². The predicted molar refractivity (Wildman–Crippen MR) is 77.4 cm³/mol. The van der Waals surface area contributed by atoms with Crippen molar-refractivity contribution in [2.75, 3.05) is 0 Å². The van der Waals surface area contributed by atoms with E-state index >= 15 is 0 Å². The van der Waals surface area contributed by atoms with Crippen LogP contribution < -0.4 is 4.74 Å². The maximum absolute atomic E-state index is 11.0. The monoisotopic (exact) mass is 274 g/mol. The average molecular weight is 275 g/mol. The first kappa shape index (κ1) is 13.6. The van der Waals surface area contributed by atoms with Crippen molar-refractivity contribution in [1.82, 2.24) is 0 Å². The van der Waals surface area contributed by atoms with E-state index in [2.05, 4.69) is 13.8 Å². The largest absolute Gasteiger partial charge is 0.456 e. The zero-order valence-corrected chi connectivity index (χ0v) is 11.6. The van der Waals surface area contributed by atoms with Gasteiger partial charge in [0.25, 0.3) is 0 Å². The number of carbonyl (C=O) groups excluding carboxylic acids is 1. The molecule has 0 aromatic heterocycles. The Labute approximate surface area is 118 Å². The van der Waals surface area contributed by atoms with Gasteiger partial charge in [-0.1, -0.05) is 37.6 Å². The maximum atomic E-state index is 11.0. The normalized spacial score (nSPS) is 10.5. The smallest absolute Gasteiger partial charge is 0.153 e. The van der Waals surface area contributed by atoms with Gasteiger partial charge in [-0.3, -0.25) is 4.79 Å². The van der Waals surface area contributed by atoms with Crippen LogP contribution in [0.4, 0.5) is 0 Å². The van der Waals surface area contributed by atoms with E-state index in [9.17, 15) is 4.79 Å². The number of halogens is 1. The molecule has 0 amide bonds. The van der Waals surface area contributed by atoms with Crippen LogP contribution in [0.5, 0.6) is 11.5 Å². The molecule has 0 saturated carbocycles. The van der Waals surface area contributed by atoms with Gasteiger partial charge < -0.3 is 4.74 Å². The Bertz CT molecular complexity index is 591. The lowest BCUT2D eigenvalue weighted by Crippen LogP contribution is -1.96. The molecule has 2 aromatic rings. The van der Waals surface area contributed by atoms with Crippen molar-refractivity contribution < 1.29 is 9.53 Å². The minimum Gasteiger partial charge on any atom is -0.456 e. The number of para-hydroxylation sites is 1. The molecule has 0 radical (unpaired) electrons. The molecule has 0 spiro atoms. The Hall–Kier alpha value is -1.80. The van der Waals surface area contributed by atoms with Crippen LogP contribution >= 0.6 is 11.6 Å². The lowest BCUT2D eigenvalue weighted by Gasteiger charge is -2.15. The first-order chi connectivity index (χ1) is 9.11. The SMILES string of the molecule is CC(C)c1cc(Cl)ccc1Oc1ccccc1C=O. The van der Waals surface area contributed by atoms with E-state index in [0.717, 1.165) is 17.6 Å². The first-order valence-electron chi connectivity index (χ1n) is 6.13. The number of rotatable bonds is 4. The van der Waals surface area contributed by atoms with Crippen molar-refractivity contribution in [3.8, 4) is 11.5 Å². The third-order valence-corrected chi connectivity index (χ3v) is 3.09. The zero-order valence-electron chi connectivity index (χ0n) is 10.9. The molecule has 0 heterocycles. The summed E-state index contributed by atoms with van der Waals surface area (Å²) in [4.78, 5) is 11.0. The van der Waals surface area contributed by atoms with Crippen LogP contribution in [0.15, 0.2) is 42.5 Å². The Morgan fingerprint density at radius 3 is 2.53 bits per heavy atom. The fraction of sp³-hybridized carbons (Fsp3) is 0.188. The lowest BCUT2D eigenvalue weighted by atomic mass is 10.0. The first-order valence-corrected chi connectivity index (χ1v) is 6.51. The maximum Gasteiger partial charge on any atom is 0.153 e. The van der Waals surface area contributed by atoms with E-state index in [1.807, 2.05) is 24.3 Å². The Balaban J connectivity index is 2.40. The summed E-state index contributed by atoms with van der Waals surface area (Å²) < 4.78 is 5.86.